The molecule has 0 bridgehead atoms. The number of anilines is 1. The molecule has 0 fully saturated rings. The molecule has 0 unspecified atom stereocenters. The summed E-state index contributed by atoms with van der Waals surface area (Å²) in [6.45, 7) is 1.60. The lowest BCUT2D eigenvalue weighted by molar-refractivity contribution is -0.384. The Morgan fingerprint density at radius 3 is 2.45 bits per heavy atom. The van der Waals surface area contributed by atoms with Gasteiger partial charge in [-0.2, -0.15) is 5.26 Å². The number of nitro benzene ring substituents is 1. The van der Waals surface area contributed by atoms with E-state index in [1.165, 1.54) is 43.9 Å². The number of hydrogen-bond donors (Lipinski definition) is 1. The highest BCUT2D eigenvalue weighted by Gasteiger charge is 2.25. The number of ether oxygens (including phenoxy) is 2. The van der Waals surface area contributed by atoms with Crippen molar-refractivity contribution in [1.82, 2.24) is 4.98 Å². The number of benzene rings is 1. The van der Waals surface area contributed by atoms with Crippen LogP contribution in [-0.2, 0) is 9.47 Å². The summed E-state index contributed by atoms with van der Waals surface area (Å²) in [6.07, 6.45) is 1.39. The van der Waals surface area contributed by atoms with Crippen LogP contribution in [0.2, 0.25) is 0 Å². The van der Waals surface area contributed by atoms with E-state index in [-0.39, 0.29) is 21.7 Å². The van der Waals surface area contributed by atoms with Crippen molar-refractivity contribution >= 4 is 50.9 Å². The number of methoxy groups -OCH3 is 2. The van der Waals surface area contributed by atoms with Crippen LogP contribution in [0.15, 0.2) is 35.8 Å². The van der Waals surface area contributed by atoms with Gasteiger partial charge in [0.2, 0.25) is 0 Å². The number of allylic oxidation sites excluding steroid dienone is 1. The molecule has 2 heterocycles. The maximum atomic E-state index is 12.2. The number of esters is 2. The van der Waals surface area contributed by atoms with Crippen LogP contribution in [0.3, 0.4) is 0 Å². The third-order valence-electron chi connectivity index (χ3n) is 4.48. The Labute approximate surface area is 195 Å². The van der Waals surface area contributed by atoms with Gasteiger partial charge >= 0.3 is 11.9 Å². The van der Waals surface area contributed by atoms with Crippen molar-refractivity contribution in [3.63, 3.8) is 0 Å². The lowest BCUT2D eigenvalue weighted by Crippen LogP contribution is -2.06. The quantitative estimate of drug-likeness (QED) is 0.219. The second-order valence-corrected chi connectivity index (χ2v) is 8.28. The SMILES string of the molecule is COC(=O)c1sc(N/C=C(\C#N)c2nc(-c3ccc([N+](=O)[O-])cc3)cs2)c(C(=O)OC)c1C. The number of nitriles is 1. The third-order valence-corrected chi connectivity index (χ3v) is 6.56. The van der Waals surface area contributed by atoms with E-state index in [4.69, 9.17) is 9.47 Å². The summed E-state index contributed by atoms with van der Waals surface area (Å²) < 4.78 is 9.57. The first-order valence-electron chi connectivity index (χ1n) is 9.18. The van der Waals surface area contributed by atoms with Crippen LogP contribution in [0.4, 0.5) is 10.7 Å². The summed E-state index contributed by atoms with van der Waals surface area (Å²) in [7, 11) is 2.47. The van der Waals surface area contributed by atoms with Crippen LogP contribution in [0.25, 0.3) is 16.8 Å². The molecule has 33 heavy (non-hydrogen) atoms. The van der Waals surface area contributed by atoms with Gasteiger partial charge in [0.25, 0.3) is 5.69 Å². The maximum Gasteiger partial charge on any atom is 0.348 e. The summed E-state index contributed by atoms with van der Waals surface area (Å²) in [6, 6.07) is 7.97. The largest absolute Gasteiger partial charge is 0.465 e. The summed E-state index contributed by atoms with van der Waals surface area (Å²) in [5.41, 5.74) is 1.95. The van der Waals surface area contributed by atoms with Gasteiger partial charge in [0.1, 0.15) is 26.5 Å². The zero-order valence-electron chi connectivity index (χ0n) is 17.6. The topological polar surface area (TPSA) is 144 Å². The molecule has 10 nitrogen and oxygen atoms in total. The van der Waals surface area contributed by atoms with Gasteiger partial charge in [0.15, 0.2) is 0 Å². The van der Waals surface area contributed by atoms with Gasteiger partial charge in [-0.1, -0.05) is 0 Å². The van der Waals surface area contributed by atoms with Crippen molar-refractivity contribution in [3.8, 4) is 17.3 Å². The Morgan fingerprint density at radius 1 is 1.21 bits per heavy atom. The van der Waals surface area contributed by atoms with Crippen LogP contribution in [-0.4, -0.2) is 36.1 Å². The monoisotopic (exact) mass is 484 g/mol. The standard InChI is InChI=1S/C21H16N4O6S2/c1-11-16(20(26)30-2)19(33-17(11)21(27)31-3)23-9-13(8-22)18-24-15(10-32-18)12-4-6-14(7-5-12)25(28)29/h4-7,9-10,23H,1-3H3/b13-9+. The highest BCUT2D eigenvalue weighted by Crippen LogP contribution is 2.35. The van der Waals surface area contributed by atoms with Crippen molar-refractivity contribution in [3.05, 3.63) is 67.0 Å². The van der Waals surface area contributed by atoms with Gasteiger partial charge in [-0.25, -0.2) is 14.6 Å². The predicted molar refractivity (Wildman–Crippen MR) is 123 cm³/mol. The molecular formula is C21H16N4O6S2. The average Bonchev–Trinajstić information content (AvgIpc) is 3.43. The van der Waals surface area contributed by atoms with E-state index < -0.39 is 16.9 Å². The second-order valence-electron chi connectivity index (χ2n) is 6.40. The Bertz CT molecular complexity index is 1300. The Morgan fingerprint density at radius 2 is 1.88 bits per heavy atom. The first-order valence-corrected chi connectivity index (χ1v) is 10.9. The number of thiazole rings is 1. The zero-order chi connectivity index (χ0) is 24.1. The minimum absolute atomic E-state index is 0.0324. The molecule has 1 N–H and O–H groups in total. The normalized spacial score (nSPS) is 10.9. The molecule has 0 radical (unpaired) electrons. The second kappa shape index (κ2) is 10.0. The molecule has 0 aliphatic carbocycles. The molecule has 3 rings (SSSR count). The summed E-state index contributed by atoms with van der Waals surface area (Å²) in [4.78, 5) is 39.3. The lowest BCUT2D eigenvalue weighted by Gasteiger charge is -2.03. The van der Waals surface area contributed by atoms with Gasteiger partial charge in [-0.15, -0.1) is 22.7 Å². The molecule has 3 aromatic rings. The summed E-state index contributed by atoms with van der Waals surface area (Å²) in [5.74, 6) is -1.23. The number of carbonyl (C=O) groups is 2. The highest BCUT2D eigenvalue weighted by molar-refractivity contribution is 7.18. The van der Waals surface area contributed by atoms with Crippen LogP contribution < -0.4 is 5.32 Å². The van der Waals surface area contributed by atoms with Crippen molar-refractivity contribution in [1.29, 1.82) is 5.26 Å². The van der Waals surface area contributed by atoms with Crippen LogP contribution in [0.1, 0.15) is 30.6 Å². The molecule has 0 amide bonds. The highest BCUT2D eigenvalue weighted by atomic mass is 32.1. The molecule has 0 aliphatic rings. The minimum Gasteiger partial charge on any atom is -0.465 e. The zero-order valence-corrected chi connectivity index (χ0v) is 19.2. The van der Waals surface area contributed by atoms with E-state index in [0.717, 1.165) is 11.3 Å². The lowest BCUT2D eigenvalue weighted by atomic mass is 10.1. The minimum atomic E-state index is -0.636. The average molecular weight is 485 g/mol. The first kappa shape index (κ1) is 23.6. The predicted octanol–water partition coefficient (Wildman–Crippen LogP) is 4.64. The molecule has 0 saturated carbocycles. The van der Waals surface area contributed by atoms with Crippen molar-refractivity contribution in [2.45, 2.75) is 6.92 Å². The van der Waals surface area contributed by atoms with Crippen LogP contribution in [0.5, 0.6) is 0 Å². The molecule has 0 saturated heterocycles. The van der Waals surface area contributed by atoms with Gasteiger partial charge in [-0.05, 0) is 24.6 Å². The fourth-order valence-corrected chi connectivity index (χ4v) is 4.69. The van der Waals surface area contributed by atoms with Crippen molar-refractivity contribution < 1.29 is 24.0 Å². The summed E-state index contributed by atoms with van der Waals surface area (Å²) >= 11 is 2.22. The number of nitrogens with one attached hydrogen (secondary N) is 1. The maximum absolute atomic E-state index is 12.2. The van der Waals surface area contributed by atoms with E-state index in [0.29, 0.717) is 26.8 Å². The van der Waals surface area contributed by atoms with Crippen LogP contribution in [0, 0.1) is 28.4 Å². The number of rotatable bonds is 7. The molecular weight excluding hydrogens is 468 g/mol. The molecule has 0 spiro atoms. The molecule has 0 atom stereocenters. The smallest absolute Gasteiger partial charge is 0.348 e. The number of aromatic nitrogens is 1. The van der Waals surface area contributed by atoms with Crippen LogP contribution >= 0.6 is 22.7 Å². The molecule has 12 heteroatoms. The fraction of sp³-hybridized carbons (Fsp3) is 0.143. The van der Waals surface area contributed by atoms with E-state index in [1.54, 1.807) is 24.4 Å². The first-order chi connectivity index (χ1) is 15.8. The number of hydrogen-bond acceptors (Lipinski definition) is 11. The Balaban J connectivity index is 1.91. The number of nitrogens with zero attached hydrogens (tertiary/aromatic N) is 3. The van der Waals surface area contributed by atoms with E-state index >= 15 is 0 Å². The van der Waals surface area contributed by atoms with Crippen molar-refractivity contribution in [2.24, 2.45) is 0 Å². The fourth-order valence-electron chi connectivity index (χ4n) is 2.81. The molecule has 0 aliphatic heterocycles. The number of non-ortho nitro benzene ring substituents is 1. The number of carbonyl (C=O) groups excluding carboxylic acids is 2. The van der Waals surface area contributed by atoms with Gasteiger partial charge in [-0.3, -0.25) is 10.1 Å². The van der Waals surface area contributed by atoms with E-state index in [9.17, 15) is 25.0 Å². The molecule has 1 aromatic carbocycles. The van der Waals surface area contributed by atoms with Gasteiger partial charge < -0.3 is 14.8 Å². The Kier molecular flexibility index (Phi) is 7.17. The Hall–Kier alpha value is -4.08. The number of nitro groups is 1. The summed E-state index contributed by atoms with van der Waals surface area (Å²) in [5, 5.41) is 25.8. The number of thiophene rings is 1. The third kappa shape index (κ3) is 4.89. The van der Waals surface area contributed by atoms with E-state index in [1.807, 2.05) is 6.07 Å². The molecule has 168 valence electrons. The van der Waals surface area contributed by atoms with Gasteiger partial charge in [0, 0.05) is 29.3 Å². The molecule has 2 aromatic heterocycles. The van der Waals surface area contributed by atoms with E-state index in [2.05, 4.69) is 10.3 Å². The van der Waals surface area contributed by atoms with Gasteiger partial charge in [0.05, 0.1) is 30.4 Å². The van der Waals surface area contributed by atoms with Crippen molar-refractivity contribution in [2.75, 3.05) is 19.5 Å².